The predicted octanol–water partition coefficient (Wildman–Crippen LogP) is 3.93. The van der Waals surface area contributed by atoms with Crippen molar-refractivity contribution in [3.05, 3.63) is 47.0 Å². The third-order valence-corrected chi connectivity index (χ3v) is 7.64. The van der Waals surface area contributed by atoms with Crippen LogP contribution in [0, 0.1) is 17.8 Å². The number of ketones is 3. The van der Waals surface area contributed by atoms with E-state index in [9.17, 15) is 47.7 Å². The monoisotopic (exact) mass is 607 g/mol. The maximum absolute atomic E-state index is 13.3. The van der Waals surface area contributed by atoms with Gasteiger partial charge in [-0.2, -0.15) is 13.2 Å². The summed E-state index contributed by atoms with van der Waals surface area (Å²) >= 11 is 0. The van der Waals surface area contributed by atoms with Gasteiger partial charge in [-0.15, -0.1) is 0 Å². The van der Waals surface area contributed by atoms with Crippen LogP contribution >= 0.6 is 0 Å². The van der Waals surface area contributed by atoms with E-state index in [4.69, 9.17) is 4.74 Å². The molecule has 234 valence electrons. The smallest absolute Gasteiger partial charge is 0.471 e. The van der Waals surface area contributed by atoms with Crippen LogP contribution in [-0.4, -0.2) is 64.6 Å². The van der Waals surface area contributed by atoms with E-state index in [-0.39, 0.29) is 79.0 Å². The zero-order valence-corrected chi connectivity index (χ0v) is 24.0. The molecule has 0 heterocycles. The molecule has 1 aliphatic carbocycles. The van der Waals surface area contributed by atoms with Crippen LogP contribution in [0.15, 0.2) is 30.3 Å². The minimum absolute atomic E-state index is 0.0446. The summed E-state index contributed by atoms with van der Waals surface area (Å²) in [6, 6.07) is 7.73. The lowest BCUT2D eigenvalue weighted by Gasteiger charge is -2.32. The molecule has 0 bridgehead atoms. The van der Waals surface area contributed by atoms with Crippen molar-refractivity contribution in [2.45, 2.75) is 58.7 Å². The number of fused-ring (bicyclic) bond motifs is 1. The standard InChI is InChI=1S/C31H36F3NO8/c1-3-43-28-7-4-19(14-21(28)15-35-30(42)31(32,33)34)22-5-6-25(39)29-23(22)12-18(13-27(29)41)11-20(8-9-36)24(16-37)26(40)10-17(2)38/h4-7,14,18,20,24,36-37,39H,3,8-13,15-16H2,1-2H3,(H,35,42). The number of carbonyl (C=O) groups excluding carboxylic acids is 4. The highest BCUT2D eigenvalue weighted by atomic mass is 19.4. The van der Waals surface area contributed by atoms with Gasteiger partial charge in [-0.05, 0) is 79.8 Å². The molecule has 0 aromatic heterocycles. The van der Waals surface area contributed by atoms with E-state index in [1.165, 1.54) is 13.0 Å². The predicted molar refractivity (Wildman–Crippen MR) is 149 cm³/mol. The molecule has 0 saturated carbocycles. The molecule has 0 radical (unpaired) electrons. The first-order valence-corrected chi connectivity index (χ1v) is 14.0. The lowest BCUT2D eigenvalue weighted by atomic mass is 9.72. The van der Waals surface area contributed by atoms with Crippen molar-refractivity contribution in [1.29, 1.82) is 0 Å². The Kier molecular flexibility index (Phi) is 11.5. The first kappa shape index (κ1) is 33.7. The molecule has 0 spiro atoms. The summed E-state index contributed by atoms with van der Waals surface area (Å²) in [6.45, 7) is 1.95. The summed E-state index contributed by atoms with van der Waals surface area (Å²) in [6.07, 6.45) is -4.61. The second kappa shape index (κ2) is 14.6. The van der Waals surface area contributed by atoms with Crippen molar-refractivity contribution < 1.29 is 52.4 Å². The molecular weight excluding hydrogens is 571 g/mol. The molecule has 0 saturated heterocycles. The Morgan fingerprint density at radius 1 is 1.12 bits per heavy atom. The van der Waals surface area contributed by atoms with Gasteiger partial charge in [-0.25, -0.2) is 0 Å². The number of phenolic OH excluding ortho intramolecular Hbond substituents is 1. The number of aliphatic hydroxyl groups is 2. The van der Waals surface area contributed by atoms with Crippen molar-refractivity contribution in [3.8, 4) is 22.6 Å². The van der Waals surface area contributed by atoms with E-state index in [1.54, 1.807) is 31.2 Å². The second-order valence-electron chi connectivity index (χ2n) is 10.8. The van der Waals surface area contributed by atoms with Gasteiger partial charge in [0, 0.05) is 31.1 Å². The zero-order valence-electron chi connectivity index (χ0n) is 24.0. The first-order valence-electron chi connectivity index (χ1n) is 14.0. The fraction of sp³-hybridized carbons (Fsp3) is 0.484. The third-order valence-electron chi connectivity index (χ3n) is 7.64. The number of nitrogens with one attached hydrogen (secondary N) is 1. The number of aliphatic hydroxyl groups excluding tert-OH is 2. The van der Waals surface area contributed by atoms with Gasteiger partial charge in [0.2, 0.25) is 0 Å². The Bertz CT molecular complexity index is 1360. The van der Waals surface area contributed by atoms with Crippen LogP contribution in [0.5, 0.6) is 11.5 Å². The fourth-order valence-corrected chi connectivity index (χ4v) is 5.75. The highest BCUT2D eigenvalue weighted by Gasteiger charge is 2.38. The number of aromatic hydroxyl groups is 1. The molecule has 4 N–H and O–H groups in total. The molecule has 3 unspecified atom stereocenters. The molecule has 1 aliphatic rings. The number of amides is 1. The number of Topliss-reactive ketones (excluding diaryl/α,β-unsaturated/α-hetero) is 3. The van der Waals surface area contributed by atoms with E-state index in [2.05, 4.69) is 0 Å². The number of rotatable bonds is 14. The van der Waals surface area contributed by atoms with Crippen molar-refractivity contribution in [2.24, 2.45) is 17.8 Å². The molecule has 3 atom stereocenters. The van der Waals surface area contributed by atoms with Gasteiger partial charge < -0.3 is 25.4 Å². The van der Waals surface area contributed by atoms with Gasteiger partial charge in [0.15, 0.2) is 5.78 Å². The Hall–Kier alpha value is -3.77. The third kappa shape index (κ3) is 8.41. The van der Waals surface area contributed by atoms with Crippen LogP contribution in [0.25, 0.3) is 11.1 Å². The van der Waals surface area contributed by atoms with Gasteiger partial charge in [-0.1, -0.05) is 12.1 Å². The van der Waals surface area contributed by atoms with Gasteiger partial charge in [0.1, 0.15) is 23.1 Å². The van der Waals surface area contributed by atoms with Crippen LogP contribution in [0.4, 0.5) is 13.2 Å². The Balaban J connectivity index is 1.98. The lowest BCUT2D eigenvalue weighted by molar-refractivity contribution is -0.173. The summed E-state index contributed by atoms with van der Waals surface area (Å²) in [5, 5.41) is 32.1. The van der Waals surface area contributed by atoms with Crippen molar-refractivity contribution in [1.82, 2.24) is 5.32 Å². The Morgan fingerprint density at radius 2 is 1.84 bits per heavy atom. The number of benzene rings is 2. The van der Waals surface area contributed by atoms with Gasteiger partial charge in [0.25, 0.3) is 0 Å². The van der Waals surface area contributed by atoms with E-state index in [0.717, 1.165) is 0 Å². The van der Waals surface area contributed by atoms with E-state index in [1.807, 2.05) is 5.32 Å². The van der Waals surface area contributed by atoms with Gasteiger partial charge >= 0.3 is 12.1 Å². The lowest BCUT2D eigenvalue weighted by Crippen LogP contribution is -2.36. The average molecular weight is 608 g/mol. The SMILES string of the molecule is CCOc1ccc(-c2ccc(O)c3c2CC(CC(CCO)C(CO)C(=O)CC(C)=O)CC3=O)cc1CNC(=O)C(F)(F)F. The molecule has 9 nitrogen and oxygen atoms in total. The topological polar surface area (TPSA) is 150 Å². The molecule has 2 aromatic carbocycles. The number of halogens is 3. The molecule has 0 aliphatic heterocycles. The Labute approximate surface area is 247 Å². The van der Waals surface area contributed by atoms with Crippen molar-refractivity contribution in [2.75, 3.05) is 19.8 Å². The number of alkyl halides is 3. The summed E-state index contributed by atoms with van der Waals surface area (Å²) in [7, 11) is 0. The highest BCUT2D eigenvalue weighted by Crippen LogP contribution is 2.42. The fourth-order valence-electron chi connectivity index (χ4n) is 5.75. The minimum atomic E-state index is -5.06. The van der Waals surface area contributed by atoms with Crippen LogP contribution < -0.4 is 10.1 Å². The quantitative estimate of drug-likeness (QED) is 0.236. The van der Waals surface area contributed by atoms with E-state index >= 15 is 0 Å². The van der Waals surface area contributed by atoms with Gasteiger partial charge in [0.05, 0.1) is 25.2 Å². The van der Waals surface area contributed by atoms with Gasteiger partial charge in [-0.3, -0.25) is 19.2 Å². The summed E-state index contributed by atoms with van der Waals surface area (Å²) in [5.74, 6) is -4.90. The summed E-state index contributed by atoms with van der Waals surface area (Å²) in [4.78, 5) is 49.0. The highest BCUT2D eigenvalue weighted by molar-refractivity contribution is 6.03. The molecular formula is C31H36F3NO8. The van der Waals surface area contributed by atoms with Crippen molar-refractivity contribution in [3.63, 3.8) is 0 Å². The van der Waals surface area contributed by atoms with E-state index in [0.29, 0.717) is 23.1 Å². The maximum atomic E-state index is 13.3. The molecule has 1 amide bonds. The number of carbonyl (C=O) groups is 4. The first-order chi connectivity index (χ1) is 20.3. The van der Waals surface area contributed by atoms with Crippen LogP contribution in [0.1, 0.15) is 61.0 Å². The number of hydrogen-bond donors (Lipinski definition) is 4. The largest absolute Gasteiger partial charge is 0.507 e. The number of hydrogen-bond acceptors (Lipinski definition) is 8. The van der Waals surface area contributed by atoms with E-state index < -0.39 is 42.9 Å². The molecule has 0 fully saturated rings. The molecule has 12 heteroatoms. The number of phenols is 1. The summed E-state index contributed by atoms with van der Waals surface area (Å²) in [5.41, 5.74) is 1.97. The average Bonchev–Trinajstić information content (AvgIpc) is 2.92. The second-order valence-corrected chi connectivity index (χ2v) is 10.8. The zero-order chi connectivity index (χ0) is 31.9. The minimum Gasteiger partial charge on any atom is -0.507 e. The molecule has 2 aromatic rings. The van der Waals surface area contributed by atoms with Crippen LogP contribution in [0.2, 0.25) is 0 Å². The van der Waals surface area contributed by atoms with Crippen molar-refractivity contribution >= 4 is 23.3 Å². The summed E-state index contributed by atoms with van der Waals surface area (Å²) < 4.78 is 43.9. The normalized spacial score (nSPS) is 16.3. The molecule has 3 rings (SSSR count). The maximum Gasteiger partial charge on any atom is 0.471 e. The van der Waals surface area contributed by atoms with Crippen LogP contribution in [-0.2, 0) is 27.3 Å². The number of ether oxygens (including phenoxy) is 1. The Morgan fingerprint density at radius 3 is 2.44 bits per heavy atom. The molecule has 43 heavy (non-hydrogen) atoms. The van der Waals surface area contributed by atoms with Crippen LogP contribution in [0.3, 0.4) is 0 Å².